The normalized spacial score (nSPS) is 15.1. The molecule has 38 heavy (non-hydrogen) atoms. The van der Waals surface area contributed by atoms with Crippen molar-refractivity contribution in [2.75, 3.05) is 19.6 Å². The van der Waals surface area contributed by atoms with Gasteiger partial charge in [0.2, 0.25) is 0 Å². The van der Waals surface area contributed by atoms with E-state index in [-0.39, 0.29) is 5.82 Å². The van der Waals surface area contributed by atoms with E-state index in [1.165, 1.54) is 24.5 Å². The number of halogens is 1. The first-order valence-electron chi connectivity index (χ1n) is 12.9. The maximum absolute atomic E-state index is 14.6. The lowest BCUT2D eigenvalue weighted by Gasteiger charge is -2.15. The number of para-hydroxylation sites is 1. The van der Waals surface area contributed by atoms with Crippen molar-refractivity contribution in [2.24, 2.45) is 0 Å². The Morgan fingerprint density at radius 3 is 2.68 bits per heavy atom. The number of aromatic nitrogens is 5. The summed E-state index contributed by atoms with van der Waals surface area (Å²) in [5, 5.41) is 8.55. The first-order chi connectivity index (χ1) is 18.6. The average molecular weight is 505 g/mol. The van der Waals surface area contributed by atoms with Crippen molar-refractivity contribution in [3.05, 3.63) is 96.6 Å². The highest BCUT2D eigenvalue weighted by molar-refractivity contribution is 5.97. The van der Waals surface area contributed by atoms with Gasteiger partial charge in [-0.15, -0.1) is 0 Å². The Balaban J connectivity index is 1.39. The lowest BCUT2D eigenvalue weighted by Crippen LogP contribution is -2.21. The maximum Gasteiger partial charge on any atom is 0.159 e. The van der Waals surface area contributed by atoms with Crippen LogP contribution in [0.4, 0.5) is 4.39 Å². The molecule has 6 rings (SSSR count). The number of fused-ring (bicyclic) bond motifs is 2. The van der Waals surface area contributed by atoms with E-state index in [0.717, 1.165) is 52.9 Å². The first-order valence-corrected chi connectivity index (χ1v) is 12.9. The molecule has 0 atom stereocenters. The molecule has 5 aromatic rings. The van der Waals surface area contributed by atoms with Crippen molar-refractivity contribution < 1.29 is 4.39 Å². The number of benzene rings is 2. The standard InChI is InChI=1S/C31H29FN6/c1-3-20(19-38-14-7-8-15-38)16-21(4-2)27-17-24-28(18-33-27)36-37-30(24)31-34-26-13-9-11-23(29(26)35-31)22-10-5-6-12-25(22)32/h3-6,9-13,16-18H,1,7-8,14-15,19H2,2H3,(H,34,35)(H,36,37)/b20-16+,21-4+. The number of aromatic amines is 2. The van der Waals surface area contributed by atoms with E-state index in [0.29, 0.717) is 22.6 Å². The van der Waals surface area contributed by atoms with E-state index in [9.17, 15) is 4.39 Å². The molecule has 1 saturated heterocycles. The second-order valence-electron chi connectivity index (χ2n) is 9.60. The summed E-state index contributed by atoms with van der Waals surface area (Å²) in [5.41, 5.74) is 7.35. The number of imidazole rings is 1. The number of hydrogen-bond donors (Lipinski definition) is 2. The Kier molecular flexibility index (Phi) is 6.43. The number of pyridine rings is 1. The highest BCUT2D eigenvalue weighted by Crippen LogP contribution is 2.33. The number of nitrogens with one attached hydrogen (secondary N) is 2. The van der Waals surface area contributed by atoms with Gasteiger partial charge in [-0.2, -0.15) is 5.10 Å². The van der Waals surface area contributed by atoms with Crippen LogP contribution in [0.1, 0.15) is 25.5 Å². The first kappa shape index (κ1) is 24.0. The van der Waals surface area contributed by atoms with Gasteiger partial charge in [0, 0.05) is 23.1 Å². The molecule has 0 spiro atoms. The Hall–Kier alpha value is -4.36. The monoisotopic (exact) mass is 504 g/mol. The molecule has 0 saturated carbocycles. The largest absolute Gasteiger partial charge is 0.337 e. The van der Waals surface area contributed by atoms with Crippen molar-refractivity contribution in [1.29, 1.82) is 0 Å². The van der Waals surface area contributed by atoms with Crippen LogP contribution in [0.25, 0.3) is 50.2 Å². The molecule has 4 heterocycles. The SMILES string of the molecule is C=C/C(=C\C(=C/C)c1cc2c(-c3nc4c(-c5ccccc5F)cccc4[nH]3)n[nH]c2cn1)CN1CCCC1. The van der Waals surface area contributed by atoms with Crippen LogP contribution in [0.3, 0.4) is 0 Å². The van der Waals surface area contributed by atoms with E-state index in [1.807, 2.05) is 43.3 Å². The zero-order valence-corrected chi connectivity index (χ0v) is 21.3. The van der Waals surface area contributed by atoms with Crippen LogP contribution in [0, 0.1) is 5.82 Å². The molecule has 1 aliphatic rings. The van der Waals surface area contributed by atoms with E-state index in [1.54, 1.807) is 18.3 Å². The summed E-state index contributed by atoms with van der Waals surface area (Å²) in [6.07, 6.45) is 10.5. The van der Waals surface area contributed by atoms with Crippen molar-refractivity contribution in [2.45, 2.75) is 19.8 Å². The number of likely N-dealkylation sites (tertiary alicyclic amines) is 1. The minimum Gasteiger partial charge on any atom is -0.337 e. The third kappa shape index (κ3) is 4.46. The molecule has 2 N–H and O–H groups in total. The van der Waals surface area contributed by atoms with Crippen LogP contribution in [0.15, 0.2) is 85.1 Å². The summed E-state index contributed by atoms with van der Waals surface area (Å²) < 4.78 is 14.6. The summed E-state index contributed by atoms with van der Waals surface area (Å²) in [5.74, 6) is 0.339. The summed E-state index contributed by atoms with van der Waals surface area (Å²) in [4.78, 5) is 15.4. The van der Waals surface area contributed by atoms with Gasteiger partial charge in [-0.1, -0.05) is 49.1 Å². The van der Waals surface area contributed by atoms with Crippen molar-refractivity contribution in [3.63, 3.8) is 0 Å². The number of nitrogens with zero attached hydrogens (tertiary/aromatic N) is 4. The molecule has 2 aromatic carbocycles. The summed E-state index contributed by atoms with van der Waals surface area (Å²) in [6, 6.07) is 14.5. The third-order valence-corrected chi connectivity index (χ3v) is 7.16. The minimum atomic E-state index is -0.277. The van der Waals surface area contributed by atoms with E-state index < -0.39 is 0 Å². The lowest BCUT2D eigenvalue weighted by atomic mass is 10.0. The molecule has 0 aliphatic carbocycles. The Bertz CT molecular complexity index is 1700. The Morgan fingerprint density at radius 2 is 1.89 bits per heavy atom. The van der Waals surface area contributed by atoms with Crippen LogP contribution in [-0.4, -0.2) is 49.7 Å². The van der Waals surface area contributed by atoms with Gasteiger partial charge in [0.25, 0.3) is 0 Å². The van der Waals surface area contributed by atoms with Crippen LogP contribution in [0.2, 0.25) is 0 Å². The fourth-order valence-electron chi connectivity index (χ4n) is 5.17. The van der Waals surface area contributed by atoms with Crippen LogP contribution >= 0.6 is 0 Å². The molecule has 0 radical (unpaired) electrons. The van der Waals surface area contributed by atoms with Crippen LogP contribution in [0.5, 0.6) is 0 Å². The van der Waals surface area contributed by atoms with Gasteiger partial charge in [0.15, 0.2) is 5.82 Å². The Labute approximate surface area is 220 Å². The summed E-state index contributed by atoms with van der Waals surface area (Å²) in [6.45, 7) is 9.22. The van der Waals surface area contributed by atoms with Gasteiger partial charge in [-0.3, -0.25) is 15.0 Å². The quantitative estimate of drug-likeness (QED) is 0.236. The van der Waals surface area contributed by atoms with Gasteiger partial charge in [0.1, 0.15) is 11.5 Å². The molecule has 0 amide bonds. The second kappa shape index (κ2) is 10.2. The highest BCUT2D eigenvalue weighted by Gasteiger charge is 2.18. The van der Waals surface area contributed by atoms with E-state index in [4.69, 9.17) is 9.97 Å². The predicted octanol–water partition coefficient (Wildman–Crippen LogP) is 6.92. The van der Waals surface area contributed by atoms with Crippen molar-refractivity contribution in [1.82, 2.24) is 30.0 Å². The van der Waals surface area contributed by atoms with Gasteiger partial charge in [-0.05, 0) is 68.3 Å². The topological polar surface area (TPSA) is 73.5 Å². The smallest absolute Gasteiger partial charge is 0.159 e. The average Bonchev–Trinajstić information content (AvgIpc) is 3.70. The Morgan fingerprint density at radius 1 is 1.08 bits per heavy atom. The number of H-pyrrole nitrogens is 2. The molecule has 0 bridgehead atoms. The summed E-state index contributed by atoms with van der Waals surface area (Å²) >= 11 is 0. The van der Waals surface area contributed by atoms with Crippen LogP contribution in [-0.2, 0) is 0 Å². The molecule has 190 valence electrons. The molecule has 3 aromatic heterocycles. The predicted molar refractivity (Wildman–Crippen MR) is 152 cm³/mol. The van der Waals surface area contributed by atoms with Crippen LogP contribution < -0.4 is 0 Å². The summed E-state index contributed by atoms with van der Waals surface area (Å²) in [7, 11) is 0. The van der Waals surface area contributed by atoms with Crippen molar-refractivity contribution >= 4 is 27.5 Å². The molecule has 1 fully saturated rings. The second-order valence-corrected chi connectivity index (χ2v) is 9.60. The minimum absolute atomic E-state index is 0.277. The number of rotatable bonds is 7. The lowest BCUT2D eigenvalue weighted by molar-refractivity contribution is 0.371. The fourth-order valence-corrected chi connectivity index (χ4v) is 5.17. The number of allylic oxidation sites excluding steroid dienone is 3. The molecule has 0 unspecified atom stereocenters. The van der Waals surface area contributed by atoms with Gasteiger partial charge in [0.05, 0.1) is 28.4 Å². The van der Waals surface area contributed by atoms with Crippen molar-refractivity contribution in [3.8, 4) is 22.6 Å². The molecule has 6 nitrogen and oxygen atoms in total. The zero-order valence-electron chi connectivity index (χ0n) is 21.3. The van der Waals surface area contributed by atoms with Gasteiger partial charge >= 0.3 is 0 Å². The van der Waals surface area contributed by atoms with E-state index in [2.05, 4.69) is 38.8 Å². The third-order valence-electron chi connectivity index (χ3n) is 7.16. The molecule has 7 heteroatoms. The highest BCUT2D eigenvalue weighted by atomic mass is 19.1. The molecular formula is C31H29FN6. The van der Waals surface area contributed by atoms with Gasteiger partial charge < -0.3 is 4.98 Å². The fraction of sp³-hybridized carbons (Fsp3) is 0.194. The molecule has 1 aliphatic heterocycles. The number of hydrogen-bond acceptors (Lipinski definition) is 4. The maximum atomic E-state index is 14.6. The zero-order chi connectivity index (χ0) is 26.1. The van der Waals surface area contributed by atoms with Gasteiger partial charge in [-0.25, -0.2) is 9.37 Å². The van der Waals surface area contributed by atoms with E-state index >= 15 is 0 Å². The molecular weight excluding hydrogens is 475 g/mol.